The van der Waals surface area contributed by atoms with E-state index in [1.807, 2.05) is 44.3 Å². The van der Waals surface area contributed by atoms with E-state index in [0.29, 0.717) is 0 Å². The third-order valence-corrected chi connectivity index (χ3v) is 3.92. The highest BCUT2D eigenvalue weighted by atomic mass is 35.5. The Morgan fingerprint density at radius 3 is 2.50 bits per heavy atom. The maximum absolute atomic E-state index is 6.22. The van der Waals surface area contributed by atoms with E-state index in [0.717, 1.165) is 38.4 Å². The van der Waals surface area contributed by atoms with Crippen LogP contribution in [0.1, 0.15) is 5.56 Å². The molecule has 1 N–H and O–H groups in total. The lowest BCUT2D eigenvalue weighted by Gasteiger charge is -2.12. The van der Waals surface area contributed by atoms with Gasteiger partial charge in [0.05, 0.1) is 11.2 Å². The fraction of sp³-hybridized carbons (Fsp3) is 0.118. The number of fused-ring (bicyclic) bond motifs is 1. The molecule has 3 aromatic rings. The van der Waals surface area contributed by atoms with Crippen molar-refractivity contribution in [3.05, 3.63) is 59.1 Å². The number of hydrogen-bond donors (Lipinski definition) is 1. The molecule has 0 aliphatic heterocycles. The topological polar surface area (TPSA) is 24.9 Å². The van der Waals surface area contributed by atoms with Crippen LogP contribution in [0.3, 0.4) is 0 Å². The van der Waals surface area contributed by atoms with Crippen molar-refractivity contribution in [2.75, 3.05) is 12.4 Å². The molecule has 0 fully saturated rings. The van der Waals surface area contributed by atoms with Crippen molar-refractivity contribution in [1.82, 2.24) is 4.98 Å². The maximum atomic E-state index is 6.22. The van der Waals surface area contributed by atoms with Gasteiger partial charge in [-0.3, -0.25) is 0 Å². The average molecular weight is 283 g/mol. The molecule has 100 valence electrons. The monoisotopic (exact) mass is 282 g/mol. The minimum Gasteiger partial charge on any atom is -0.388 e. The number of nitrogens with zero attached hydrogens (tertiary/aromatic N) is 1. The van der Waals surface area contributed by atoms with Crippen molar-refractivity contribution in [3.63, 3.8) is 0 Å². The van der Waals surface area contributed by atoms with Crippen LogP contribution < -0.4 is 5.32 Å². The first-order valence-electron chi connectivity index (χ1n) is 6.53. The Bertz CT molecular complexity index is 767. The molecule has 0 spiro atoms. The van der Waals surface area contributed by atoms with E-state index >= 15 is 0 Å². The summed E-state index contributed by atoms with van der Waals surface area (Å²) in [5.41, 5.74) is 5.08. The molecule has 3 heteroatoms. The van der Waals surface area contributed by atoms with Crippen molar-refractivity contribution in [1.29, 1.82) is 0 Å². The highest BCUT2D eigenvalue weighted by Gasteiger charge is 2.10. The van der Waals surface area contributed by atoms with Gasteiger partial charge in [0.1, 0.15) is 0 Å². The Hall–Kier alpha value is -2.06. The van der Waals surface area contributed by atoms with Crippen LogP contribution in [0.4, 0.5) is 5.69 Å². The third-order valence-electron chi connectivity index (χ3n) is 3.51. The predicted molar refractivity (Wildman–Crippen MR) is 86.5 cm³/mol. The number of benzene rings is 2. The van der Waals surface area contributed by atoms with Crippen LogP contribution in [0.15, 0.2) is 48.5 Å². The minimum atomic E-state index is 0.747. The molecule has 0 unspecified atom stereocenters. The molecule has 0 amide bonds. The fourth-order valence-corrected chi connectivity index (χ4v) is 2.52. The SMILES string of the molecule is CNc1cc(-c2ccccc2)nc2c(C)c(Cl)ccc12. The molecule has 0 atom stereocenters. The van der Waals surface area contributed by atoms with E-state index in [4.69, 9.17) is 16.6 Å². The summed E-state index contributed by atoms with van der Waals surface area (Å²) in [5, 5.41) is 5.08. The number of halogens is 1. The van der Waals surface area contributed by atoms with Gasteiger partial charge in [-0.05, 0) is 30.7 Å². The van der Waals surface area contributed by atoms with E-state index < -0.39 is 0 Å². The largest absolute Gasteiger partial charge is 0.388 e. The molecule has 0 aliphatic rings. The number of anilines is 1. The molecule has 0 saturated carbocycles. The van der Waals surface area contributed by atoms with Gasteiger partial charge in [-0.2, -0.15) is 0 Å². The molecule has 3 rings (SSSR count). The molecule has 0 saturated heterocycles. The Labute approximate surface area is 123 Å². The van der Waals surface area contributed by atoms with Crippen molar-refractivity contribution in [2.24, 2.45) is 0 Å². The zero-order chi connectivity index (χ0) is 14.1. The molecule has 0 bridgehead atoms. The van der Waals surface area contributed by atoms with E-state index in [1.54, 1.807) is 0 Å². The zero-order valence-electron chi connectivity index (χ0n) is 11.4. The number of nitrogens with one attached hydrogen (secondary N) is 1. The molecule has 1 aromatic heterocycles. The van der Waals surface area contributed by atoms with Crippen LogP contribution in [-0.4, -0.2) is 12.0 Å². The third kappa shape index (κ3) is 2.12. The van der Waals surface area contributed by atoms with Crippen molar-refractivity contribution in [2.45, 2.75) is 6.92 Å². The van der Waals surface area contributed by atoms with Crippen molar-refractivity contribution in [3.8, 4) is 11.3 Å². The number of pyridine rings is 1. The van der Waals surface area contributed by atoms with Crippen LogP contribution in [0.25, 0.3) is 22.2 Å². The number of rotatable bonds is 2. The second-order valence-electron chi connectivity index (χ2n) is 4.74. The van der Waals surface area contributed by atoms with Crippen molar-refractivity contribution >= 4 is 28.2 Å². The summed E-state index contributed by atoms with van der Waals surface area (Å²) in [4.78, 5) is 4.79. The van der Waals surface area contributed by atoms with Crippen LogP contribution >= 0.6 is 11.6 Å². The smallest absolute Gasteiger partial charge is 0.0774 e. The highest BCUT2D eigenvalue weighted by molar-refractivity contribution is 6.32. The van der Waals surface area contributed by atoms with Crippen LogP contribution in [0.2, 0.25) is 5.02 Å². The second kappa shape index (κ2) is 5.14. The molecule has 0 radical (unpaired) electrons. The number of aromatic nitrogens is 1. The lowest BCUT2D eigenvalue weighted by molar-refractivity contribution is 1.35. The quantitative estimate of drug-likeness (QED) is 0.723. The first kappa shape index (κ1) is 12.9. The molecule has 2 nitrogen and oxygen atoms in total. The van der Waals surface area contributed by atoms with Crippen LogP contribution in [-0.2, 0) is 0 Å². The summed E-state index contributed by atoms with van der Waals surface area (Å²) >= 11 is 6.22. The summed E-state index contributed by atoms with van der Waals surface area (Å²) in [6.07, 6.45) is 0. The molecular formula is C17H15ClN2. The lowest BCUT2D eigenvalue weighted by Crippen LogP contribution is -1.95. The zero-order valence-corrected chi connectivity index (χ0v) is 12.2. The summed E-state index contributed by atoms with van der Waals surface area (Å²) in [6, 6.07) is 16.2. The van der Waals surface area contributed by atoms with E-state index in [-0.39, 0.29) is 0 Å². The summed E-state index contributed by atoms with van der Waals surface area (Å²) in [7, 11) is 1.92. The molecule has 20 heavy (non-hydrogen) atoms. The first-order valence-corrected chi connectivity index (χ1v) is 6.91. The van der Waals surface area contributed by atoms with Gasteiger partial charge in [-0.15, -0.1) is 0 Å². The summed E-state index contributed by atoms with van der Waals surface area (Å²) in [6.45, 7) is 2.01. The van der Waals surface area contributed by atoms with Gasteiger partial charge < -0.3 is 5.32 Å². The van der Waals surface area contributed by atoms with E-state index in [1.165, 1.54) is 0 Å². The van der Waals surface area contributed by atoms with Gasteiger partial charge in [0, 0.05) is 28.7 Å². The summed E-state index contributed by atoms with van der Waals surface area (Å²) < 4.78 is 0. The summed E-state index contributed by atoms with van der Waals surface area (Å²) in [5.74, 6) is 0. The maximum Gasteiger partial charge on any atom is 0.0774 e. The number of hydrogen-bond acceptors (Lipinski definition) is 2. The highest BCUT2D eigenvalue weighted by Crippen LogP contribution is 2.32. The van der Waals surface area contributed by atoms with Gasteiger partial charge >= 0.3 is 0 Å². The average Bonchev–Trinajstić information content (AvgIpc) is 2.51. The van der Waals surface area contributed by atoms with Gasteiger partial charge in [0.15, 0.2) is 0 Å². The normalized spacial score (nSPS) is 10.8. The van der Waals surface area contributed by atoms with Gasteiger partial charge in [-0.1, -0.05) is 41.9 Å². The van der Waals surface area contributed by atoms with Gasteiger partial charge in [-0.25, -0.2) is 4.98 Å². The van der Waals surface area contributed by atoms with Crippen molar-refractivity contribution < 1.29 is 0 Å². The standard InChI is InChI=1S/C17H15ClN2/c1-11-14(18)9-8-13-16(19-2)10-15(20-17(11)13)12-6-4-3-5-7-12/h3-10H,1-2H3,(H,19,20). The Balaban J connectivity index is 2.33. The van der Waals surface area contributed by atoms with Gasteiger partial charge in [0.25, 0.3) is 0 Å². The number of aryl methyl sites for hydroxylation is 1. The Kier molecular flexibility index (Phi) is 3.33. The molecule has 0 aliphatic carbocycles. The second-order valence-corrected chi connectivity index (χ2v) is 5.15. The predicted octanol–water partition coefficient (Wildman–Crippen LogP) is 4.91. The fourth-order valence-electron chi connectivity index (χ4n) is 2.37. The molecular weight excluding hydrogens is 268 g/mol. The lowest BCUT2D eigenvalue weighted by atomic mass is 10.1. The Morgan fingerprint density at radius 2 is 1.80 bits per heavy atom. The van der Waals surface area contributed by atoms with E-state index in [9.17, 15) is 0 Å². The first-order chi connectivity index (χ1) is 9.70. The van der Waals surface area contributed by atoms with Crippen LogP contribution in [0.5, 0.6) is 0 Å². The van der Waals surface area contributed by atoms with E-state index in [2.05, 4.69) is 23.5 Å². The van der Waals surface area contributed by atoms with Gasteiger partial charge in [0.2, 0.25) is 0 Å². The Morgan fingerprint density at radius 1 is 1.05 bits per heavy atom. The molecule has 1 heterocycles. The van der Waals surface area contributed by atoms with Crippen LogP contribution in [0, 0.1) is 6.92 Å². The minimum absolute atomic E-state index is 0.747. The molecule has 2 aromatic carbocycles.